The summed E-state index contributed by atoms with van der Waals surface area (Å²) in [5.74, 6) is 1.15. The Kier molecular flexibility index (Phi) is 4.41. The van der Waals surface area contributed by atoms with Crippen molar-refractivity contribution >= 4 is 5.78 Å². The van der Waals surface area contributed by atoms with Crippen molar-refractivity contribution < 1.29 is 14.3 Å². The second kappa shape index (κ2) is 6.24. The molecule has 104 valence electrons. The van der Waals surface area contributed by atoms with Crippen molar-refractivity contribution in [2.24, 2.45) is 0 Å². The van der Waals surface area contributed by atoms with E-state index in [1.165, 1.54) is 0 Å². The van der Waals surface area contributed by atoms with E-state index >= 15 is 0 Å². The normalized spacial score (nSPS) is 10.2. The minimum Gasteiger partial charge on any atom is -0.497 e. The first-order valence-corrected chi connectivity index (χ1v) is 6.55. The highest BCUT2D eigenvalue weighted by Crippen LogP contribution is 2.26. The lowest BCUT2D eigenvalue weighted by Crippen LogP contribution is -2.04. The van der Waals surface area contributed by atoms with Crippen molar-refractivity contribution in [1.29, 1.82) is 0 Å². The van der Waals surface area contributed by atoms with E-state index in [9.17, 15) is 4.79 Å². The van der Waals surface area contributed by atoms with Gasteiger partial charge in [-0.15, -0.1) is 0 Å². The molecule has 0 fully saturated rings. The van der Waals surface area contributed by atoms with Gasteiger partial charge in [0.25, 0.3) is 0 Å². The first kappa shape index (κ1) is 14.1. The van der Waals surface area contributed by atoms with E-state index in [0.29, 0.717) is 22.6 Å². The molecule has 0 heterocycles. The van der Waals surface area contributed by atoms with E-state index in [1.807, 2.05) is 24.3 Å². The van der Waals surface area contributed by atoms with Gasteiger partial charge in [0, 0.05) is 11.6 Å². The molecule has 0 saturated carbocycles. The zero-order valence-corrected chi connectivity index (χ0v) is 12.0. The van der Waals surface area contributed by atoms with Crippen LogP contribution < -0.4 is 9.47 Å². The molecular weight excluding hydrogens is 252 g/mol. The fourth-order valence-corrected chi connectivity index (χ4v) is 2.07. The molecule has 0 amide bonds. The maximum Gasteiger partial charge on any atom is 0.196 e. The van der Waals surface area contributed by atoms with Crippen molar-refractivity contribution in [3.63, 3.8) is 0 Å². The number of carbonyl (C=O) groups excluding carboxylic acids is 1. The first-order chi connectivity index (χ1) is 9.69. The van der Waals surface area contributed by atoms with Gasteiger partial charge >= 0.3 is 0 Å². The number of ether oxygens (including phenoxy) is 2. The van der Waals surface area contributed by atoms with Crippen molar-refractivity contribution in [2.75, 3.05) is 14.2 Å². The summed E-state index contributed by atoms with van der Waals surface area (Å²) in [6.45, 7) is 2.07. The lowest BCUT2D eigenvalue weighted by atomic mass is 10.00. The Morgan fingerprint density at radius 3 is 2.50 bits per heavy atom. The van der Waals surface area contributed by atoms with Crippen LogP contribution in [0, 0.1) is 0 Å². The van der Waals surface area contributed by atoms with Gasteiger partial charge in [-0.3, -0.25) is 4.79 Å². The van der Waals surface area contributed by atoms with E-state index in [-0.39, 0.29) is 5.78 Å². The zero-order chi connectivity index (χ0) is 14.5. The Balaban J connectivity index is 2.42. The second-order valence-electron chi connectivity index (χ2n) is 4.45. The van der Waals surface area contributed by atoms with E-state index < -0.39 is 0 Å². The molecular formula is C17H18O3. The Bertz CT molecular complexity index is 617. The average molecular weight is 270 g/mol. The molecule has 0 spiro atoms. The smallest absolute Gasteiger partial charge is 0.196 e. The number of ketones is 1. The molecule has 0 aliphatic carbocycles. The lowest BCUT2D eigenvalue weighted by molar-refractivity contribution is 0.103. The Morgan fingerprint density at radius 1 is 1.05 bits per heavy atom. The second-order valence-corrected chi connectivity index (χ2v) is 4.45. The molecule has 2 aromatic rings. The van der Waals surface area contributed by atoms with E-state index in [4.69, 9.17) is 9.47 Å². The van der Waals surface area contributed by atoms with E-state index in [2.05, 4.69) is 6.92 Å². The molecule has 20 heavy (non-hydrogen) atoms. The van der Waals surface area contributed by atoms with Crippen molar-refractivity contribution in [3.8, 4) is 11.5 Å². The van der Waals surface area contributed by atoms with Crippen molar-refractivity contribution in [2.45, 2.75) is 13.3 Å². The SMILES string of the molecule is CCc1cccc(C(=O)c2ccc(OC)cc2OC)c1. The molecule has 0 atom stereocenters. The summed E-state index contributed by atoms with van der Waals surface area (Å²) in [5.41, 5.74) is 2.36. The van der Waals surface area contributed by atoms with Crippen LogP contribution in [0.1, 0.15) is 28.4 Å². The molecule has 0 saturated heterocycles. The highest BCUT2D eigenvalue weighted by Gasteiger charge is 2.15. The van der Waals surface area contributed by atoms with Crippen molar-refractivity contribution in [1.82, 2.24) is 0 Å². The van der Waals surface area contributed by atoms with E-state index in [1.54, 1.807) is 32.4 Å². The number of methoxy groups -OCH3 is 2. The maximum absolute atomic E-state index is 12.6. The van der Waals surface area contributed by atoms with Gasteiger partial charge in [0.15, 0.2) is 5.78 Å². The molecule has 0 aliphatic heterocycles. The van der Waals surface area contributed by atoms with E-state index in [0.717, 1.165) is 12.0 Å². The summed E-state index contributed by atoms with van der Waals surface area (Å²) in [7, 11) is 3.13. The number of hydrogen-bond donors (Lipinski definition) is 0. The van der Waals surface area contributed by atoms with Gasteiger partial charge in [-0.25, -0.2) is 0 Å². The molecule has 0 bridgehead atoms. The van der Waals surface area contributed by atoms with Crippen molar-refractivity contribution in [3.05, 3.63) is 59.2 Å². The number of aryl methyl sites for hydroxylation is 1. The first-order valence-electron chi connectivity index (χ1n) is 6.55. The van der Waals surface area contributed by atoms with Gasteiger partial charge < -0.3 is 9.47 Å². The number of rotatable bonds is 5. The predicted octanol–water partition coefficient (Wildman–Crippen LogP) is 3.50. The summed E-state index contributed by atoms with van der Waals surface area (Å²) in [5, 5.41) is 0. The summed E-state index contributed by atoms with van der Waals surface area (Å²) < 4.78 is 10.4. The molecule has 3 nitrogen and oxygen atoms in total. The van der Waals surface area contributed by atoms with Gasteiger partial charge in [0.1, 0.15) is 11.5 Å². The molecule has 2 aromatic carbocycles. The quantitative estimate of drug-likeness (QED) is 0.780. The predicted molar refractivity (Wildman–Crippen MR) is 78.8 cm³/mol. The zero-order valence-electron chi connectivity index (χ0n) is 12.0. The largest absolute Gasteiger partial charge is 0.497 e. The highest BCUT2D eigenvalue weighted by molar-refractivity contribution is 6.10. The van der Waals surface area contributed by atoms with Crippen LogP contribution in [0.15, 0.2) is 42.5 Å². The standard InChI is InChI=1S/C17H18O3/c1-4-12-6-5-7-13(10-12)17(18)15-9-8-14(19-2)11-16(15)20-3/h5-11H,4H2,1-3H3. The highest BCUT2D eigenvalue weighted by atomic mass is 16.5. The lowest BCUT2D eigenvalue weighted by Gasteiger charge is -2.10. The monoisotopic (exact) mass is 270 g/mol. The third-order valence-corrected chi connectivity index (χ3v) is 3.25. The average Bonchev–Trinajstić information content (AvgIpc) is 2.53. The minimum absolute atomic E-state index is 0.0418. The summed E-state index contributed by atoms with van der Waals surface area (Å²) in [6, 6.07) is 12.9. The third-order valence-electron chi connectivity index (χ3n) is 3.25. The Hall–Kier alpha value is -2.29. The Morgan fingerprint density at radius 2 is 1.85 bits per heavy atom. The number of benzene rings is 2. The topological polar surface area (TPSA) is 35.5 Å². The molecule has 2 rings (SSSR count). The fourth-order valence-electron chi connectivity index (χ4n) is 2.07. The number of hydrogen-bond acceptors (Lipinski definition) is 3. The van der Waals surface area contributed by atoms with Gasteiger partial charge in [0.05, 0.1) is 19.8 Å². The summed E-state index contributed by atoms with van der Waals surface area (Å²) >= 11 is 0. The molecule has 0 unspecified atom stereocenters. The van der Waals surface area contributed by atoms with Crippen LogP contribution in [0.2, 0.25) is 0 Å². The molecule has 0 aliphatic rings. The van der Waals surface area contributed by atoms with Gasteiger partial charge in [-0.1, -0.05) is 25.1 Å². The fraction of sp³-hybridized carbons (Fsp3) is 0.235. The van der Waals surface area contributed by atoms with Crippen LogP contribution in [0.4, 0.5) is 0 Å². The van der Waals surface area contributed by atoms with Crippen LogP contribution >= 0.6 is 0 Å². The molecule has 3 heteroatoms. The van der Waals surface area contributed by atoms with Gasteiger partial charge in [0.2, 0.25) is 0 Å². The molecule has 0 radical (unpaired) electrons. The van der Waals surface area contributed by atoms with Crippen LogP contribution in [0.5, 0.6) is 11.5 Å². The third kappa shape index (κ3) is 2.82. The van der Waals surface area contributed by atoms with Crippen LogP contribution in [-0.2, 0) is 6.42 Å². The summed E-state index contributed by atoms with van der Waals surface area (Å²) in [6.07, 6.45) is 0.904. The summed E-state index contributed by atoms with van der Waals surface area (Å²) in [4.78, 5) is 12.6. The molecule has 0 N–H and O–H groups in total. The molecule has 0 aromatic heterocycles. The van der Waals surface area contributed by atoms with Crippen LogP contribution in [0.25, 0.3) is 0 Å². The minimum atomic E-state index is -0.0418. The maximum atomic E-state index is 12.6. The van der Waals surface area contributed by atoms with Crippen LogP contribution in [0.3, 0.4) is 0 Å². The van der Waals surface area contributed by atoms with Gasteiger partial charge in [-0.2, -0.15) is 0 Å². The Labute approximate surface area is 119 Å². The van der Waals surface area contributed by atoms with Crippen LogP contribution in [-0.4, -0.2) is 20.0 Å². The van der Waals surface area contributed by atoms with Gasteiger partial charge in [-0.05, 0) is 30.2 Å². The number of carbonyl (C=O) groups is 1.